The Balaban J connectivity index is 1.16. The number of morpholine rings is 1. The third kappa shape index (κ3) is 4.84. The van der Waals surface area contributed by atoms with Gasteiger partial charge >= 0.3 is 11.9 Å². The Kier molecular flexibility index (Phi) is 8.11. The summed E-state index contributed by atoms with van der Waals surface area (Å²) < 4.78 is 11.9. The van der Waals surface area contributed by atoms with E-state index in [9.17, 15) is 19.5 Å². The van der Waals surface area contributed by atoms with Crippen LogP contribution in [0.5, 0.6) is 0 Å². The number of carbonyl (C=O) groups is 3. The third-order valence-corrected chi connectivity index (χ3v) is 17.5. The molecule has 48 heavy (non-hydrogen) atoms. The number of hydrogen-bond acceptors (Lipinski definition) is 5. The first-order valence-corrected chi connectivity index (χ1v) is 19.7. The van der Waals surface area contributed by atoms with Gasteiger partial charge in [0.25, 0.3) is 0 Å². The van der Waals surface area contributed by atoms with E-state index < -0.39 is 11.4 Å². The van der Waals surface area contributed by atoms with Crippen molar-refractivity contribution in [2.24, 2.45) is 67.5 Å². The summed E-state index contributed by atoms with van der Waals surface area (Å²) in [5.41, 5.74) is -0.532. The fourth-order valence-electron chi connectivity index (χ4n) is 14.2. The molecule has 1 N–H and O–H groups in total. The minimum atomic E-state index is -1.13. The minimum absolute atomic E-state index is 0.103. The Morgan fingerprint density at radius 2 is 1.46 bits per heavy atom. The summed E-state index contributed by atoms with van der Waals surface area (Å²) in [6.45, 7) is 21.1. The van der Waals surface area contributed by atoms with Gasteiger partial charge in [0.15, 0.2) is 0 Å². The number of amides is 1. The van der Waals surface area contributed by atoms with Crippen molar-refractivity contribution in [3.8, 4) is 0 Å². The molecule has 1 amide bonds. The molecule has 270 valence electrons. The van der Waals surface area contributed by atoms with Crippen molar-refractivity contribution in [2.75, 3.05) is 26.3 Å². The maximum atomic E-state index is 14.7. The van der Waals surface area contributed by atoms with E-state index in [2.05, 4.69) is 46.4 Å². The number of hydrogen-bond donors (Lipinski definition) is 1. The molecule has 0 aromatic heterocycles. The van der Waals surface area contributed by atoms with Gasteiger partial charge in [0.1, 0.15) is 6.10 Å². The molecular weight excluding hydrogens is 602 g/mol. The molecule has 7 nitrogen and oxygen atoms in total. The number of aliphatic carboxylic acids is 1. The van der Waals surface area contributed by atoms with E-state index in [0.29, 0.717) is 54.1 Å². The molecule has 7 aliphatic rings. The van der Waals surface area contributed by atoms with Crippen molar-refractivity contribution in [1.82, 2.24) is 4.90 Å². The lowest BCUT2D eigenvalue weighted by molar-refractivity contribution is -0.252. The number of nitrogens with zero attached hydrogens (tertiary/aromatic N) is 1. The standard InChI is InChI=1S/C41H65NO6/c1-35(2,34(45)46)25-31(43)48-30-13-14-38(6)28(36(30,3)4)12-15-40(8)29(38)10-9-27-32-26(37(5)17-18-37)11-16-41(32,20-19-39(27,40)7)33(44)42-21-23-47-24-22-42/h26-30,32H,9-25H2,1-8H3,(H,45,46)/t26-,27-,28+,29?,30+,32-,38+,39-,40-,41+/m1/s1. The summed E-state index contributed by atoms with van der Waals surface area (Å²) in [6, 6.07) is 0. The van der Waals surface area contributed by atoms with E-state index in [1.807, 2.05) is 0 Å². The summed E-state index contributed by atoms with van der Waals surface area (Å²) in [5.74, 6) is 1.90. The summed E-state index contributed by atoms with van der Waals surface area (Å²) >= 11 is 0. The number of esters is 1. The fraction of sp³-hybridized carbons (Fsp3) is 0.927. The van der Waals surface area contributed by atoms with Crippen LogP contribution in [-0.2, 0) is 23.9 Å². The zero-order chi connectivity index (χ0) is 34.7. The highest BCUT2D eigenvalue weighted by molar-refractivity contribution is 5.84. The quantitative estimate of drug-likeness (QED) is 0.288. The van der Waals surface area contributed by atoms with Gasteiger partial charge in [0, 0.05) is 18.5 Å². The summed E-state index contributed by atoms with van der Waals surface area (Å²) in [6.07, 6.45) is 13.6. The highest BCUT2D eigenvalue weighted by Crippen LogP contribution is 2.79. The maximum Gasteiger partial charge on any atom is 0.309 e. The molecule has 1 heterocycles. The van der Waals surface area contributed by atoms with Crippen LogP contribution in [0.25, 0.3) is 0 Å². The number of fused-ring (bicyclic) bond motifs is 7. The van der Waals surface area contributed by atoms with E-state index in [4.69, 9.17) is 9.47 Å². The predicted molar refractivity (Wildman–Crippen MR) is 185 cm³/mol. The van der Waals surface area contributed by atoms with Crippen LogP contribution >= 0.6 is 0 Å². The molecule has 7 rings (SSSR count). The zero-order valence-electron chi connectivity index (χ0n) is 31.4. The van der Waals surface area contributed by atoms with Gasteiger partial charge in [-0.15, -0.1) is 0 Å². The predicted octanol–water partition coefficient (Wildman–Crippen LogP) is 8.14. The van der Waals surface area contributed by atoms with Crippen molar-refractivity contribution in [3.63, 3.8) is 0 Å². The lowest BCUT2D eigenvalue weighted by atomic mass is 9.32. The van der Waals surface area contributed by atoms with E-state index >= 15 is 0 Å². The van der Waals surface area contributed by atoms with Crippen LogP contribution < -0.4 is 0 Å². The van der Waals surface area contributed by atoms with Crippen molar-refractivity contribution in [2.45, 2.75) is 145 Å². The number of rotatable bonds is 6. The second-order valence-corrected chi connectivity index (χ2v) is 20.3. The summed E-state index contributed by atoms with van der Waals surface area (Å²) in [5, 5.41) is 9.60. The van der Waals surface area contributed by atoms with Crippen molar-refractivity contribution in [1.29, 1.82) is 0 Å². The van der Waals surface area contributed by atoms with Crippen molar-refractivity contribution >= 4 is 17.8 Å². The molecule has 10 atom stereocenters. The molecule has 1 unspecified atom stereocenters. The minimum Gasteiger partial charge on any atom is -0.481 e. The monoisotopic (exact) mass is 667 g/mol. The van der Waals surface area contributed by atoms with Gasteiger partial charge < -0.3 is 19.5 Å². The van der Waals surface area contributed by atoms with Crippen LogP contribution in [0.3, 0.4) is 0 Å². The average Bonchev–Trinajstić information content (AvgIpc) is 3.63. The van der Waals surface area contributed by atoms with Crippen LogP contribution in [0.15, 0.2) is 0 Å². The van der Waals surface area contributed by atoms with Gasteiger partial charge in [-0.25, -0.2) is 0 Å². The highest BCUT2D eigenvalue weighted by Gasteiger charge is 2.73. The normalized spacial score (nSPS) is 46.0. The SMILES string of the molecule is CC(C)(CC(=O)O[C@H]1CC[C@]2(C)C3CC[C@@H]4[C@H]5[C@H](C6(C)CC6)CC[C@]5(C(=O)N5CCOCC5)CC[C@@]4(C)[C@]3(C)CC[C@H]2C1(C)C)C(=O)O. The van der Waals surface area contributed by atoms with Crippen molar-refractivity contribution < 1.29 is 29.0 Å². The summed E-state index contributed by atoms with van der Waals surface area (Å²) in [4.78, 5) is 41.7. The Hall–Kier alpha value is -1.63. The molecule has 6 aliphatic carbocycles. The van der Waals surface area contributed by atoms with E-state index in [-0.39, 0.29) is 45.6 Å². The number of ether oxygens (including phenoxy) is 2. The topological polar surface area (TPSA) is 93.1 Å². The molecule has 7 heteroatoms. The first kappa shape index (κ1) is 34.8. The van der Waals surface area contributed by atoms with Crippen LogP contribution in [-0.4, -0.2) is 60.3 Å². The van der Waals surface area contributed by atoms with Crippen LogP contribution in [0.1, 0.15) is 139 Å². The van der Waals surface area contributed by atoms with Crippen LogP contribution in [0.2, 0.25) is 0 Å². The highest BCUT2D eigenvalue weighted by atomic mass is 16.5. The molecule has 1 aliphatic heterocycles. The Morgan fingerprint density at radius 3 is 2.10 bits per heavy atom. The smallest absolute Gasteiger partial charge is 0.309 e. The van der Waals surface area contributed by atoms with Gasteiger partial charge in [-0.1, -0.05) is 41.5 Å². The van der Waals surface area contributed by atoms with Crippen LogP contribution in [0.4, 0.5) is 0 Å². The van der Waals surface area contributed by atoms with Gasteiger partial charge in [-0.2, -0.15) is 0 Å². The second kappa shape index (κ2) is 11.2. The Labute approximate surface area is 290 Å². The van der Waals surface area contributed by atoms with E-state index in [0.717, 1.165) is 51.6 Å². The van der Waals surface area contributed by atoms with Gasteiger partial charge in [0.05, 0.1) is 30.5 Å². The molecule has 6 saturated carbocycles. The molecule has 0 aromatic rings. The molecule has 0 bridgehead atoms. The molecular formula is C41H65NO6. The molecule has 0 aromatic carbocycles. The Morgan fingerprint density at radius 1 is 0.771 bits per heavy atom. The summed E-state index contributed by atoms with van der Waals surface area (Å²) in [7, 11) is 0. The van der Waals surface area contributed by atoms with E-state index in [1.165, 1.54) is 38.5 Å². The molecule has 1 saturated heterocycles. The van der Waals surface area contributed by atoms with Gasteiger partial charge in [-0.3, -0.25) is 14.4 Å². The largest absolute Gasteiger partial charge is 0.481 e. The number of carboxylic acid groups (broad SMARTS) is 1. The van der Waals surface area contributed by atoms with Crippen LogP contribution in [0, 0.1) is 67.5 Å². The number of carboxylic acids is 1. The zero-order valence-corrected chi connectivity index (χ0v) is 31.4. The second-order valence-electron chi connectivity index (χ2n) is 20.3. The Bertz CT molecular complexity index is 1330. The third-order valence-electron chi connectivity index (χ3n) is 17.5. The fourth-order valence-corrected chi connectivity index (χ4v) is 14.2. The maximum absolute atomic E-state index is 14.7. The van der Waals surface area contributed by atoms with Gasteiger partial charge in [0.2, 0.25) is 5.91 Å². The van der Waals surface area contributed by atoms with Crippen molar-refractivity contribution in [3.05, 3.63) is 0 Å². The molecule has 7 fully saturated rings. The number of carbonyl (C=O) groups excluding carboxylic acids is 2. The first-order valence-electron chi connectivity index (χ1n) is 19.7. The average molecular weight is 668 g/mol. The van der Waals surface area contributed by atoms with E-state index in [1.54, 1.807) is 13.8 Å². The molecule has 0 radical (unpaired) electrons. The lowest BCUT2D eigenvalue weighted by Crippen LogP contribution is -2.68. The lowest BCUT2D eigenvalue weighted by Gasteiger charge is -2.73. The van der Waals surface area contributed by atoms with Gasteiger partial charge in [-0.05, 0) is 142 Å². The first-order chi connectivity index (χ1) is 22.4. The molecule has 0 spiro atoms.